The maximum Gasteiger partial charge on any atom is 0.252 e. The zero-order valence-corrected chi connectivity index (χ0v) is 20.6. The van der Waals surface area contributed by atoms with Gasteiger partial charge in [-0.2, -0.15) is 0 Å². The topological polar surface area (TPSA) is 110 Å². The lowest BCUT2D eigenvalue weighted by atomic mass is 9.93. The summed E-state index contributed by atoms with van der Waals surface area (Å²) in [7, 11) is 3.65. The van der Waals surface area contributed by atoms with Crippen molar-refractivity contribution in [3.05, 3.63) is 47.5 Å². The molecule has 5 heterocycles. The van der Waals surface area contributed by atoms with Gasteiger partial charge in [-0.15, -0.1) is 0 Å². The Balaban J connectivity index is 1.72. The largest absolute Gasteiger partial charge is 0.508 e. The molecule has 1 fully saturated rings. The monoisotopic (exact) mass is 498 g/mol. The molecule has 9 heteroatoms. The third-order valence-electron chi connectivity index (χ3n) is 8.75. The number of benzene rings is 3. The average molecular weight is 499 g/mol. The minimum atomic E-state index is -0.901. The maximum atomic E-state index is 13.4. The molecule has 3 aliphatic heterocycles. The van der Waals surface area contributed by atoms with Crippen LogP contribution >= 0.6 is 0 Å². The number of ether oxygens (including phenoxy) is 2. The molecular formula is C28H26N4O5. The van der Waals surface area contributed by atoms with E-state index in [1.165, 1.54) is 0 Å². The maximum absolute atomic E-state index is 13.4. The van der Waals surface area contributed by atoms with Crippen LogP contribution in [-0.4, -0.2) is 51.6 Å². The Morgan fingerprint density at radius 2 is 1.78 bits per heavy atom. The van der Waals surface area contributed by atoms with Crippen molar-refractivity contribution in [3.63, 3.8) is 0 Å². The fourth-order valence-electron chi connectivity index (χ4n) is 7.41. The first-order valence-corrected chi connectivity index (χ1v) is 12.5. The van der Waals surface area contributed by atoms with Crippen LogP contribution in [0, 0.1) is 0 Å². The summed E-state index contributed by atoms with van der Waals surface area (Å²) in [5, 5.41) is 30.9. The van der Waals surface area contributed by atoms with Gasteiger partial charge in [0.15, 0.2) is 5.72 Å². The second kappa shape index (κ2) is 6.74. The van der Waals surface area contributed by atoms with Crippen LogP contribution in [0.3, 0.4) is 0 Å². The van der Waals surface area contributed by atoms with Crippen molar-refractivity contribution in [1.82, 2.24) is 19.8 Å². The Morgan fingerprint density at radius 3 is 2.49 bits per heavy atom. The van der Waals surface area contributed by atoms with Gasteiger partial charge in [0, 0.05) is 47.7 Å². The van der Waals surface area contributed by atoms with Gasteiger partial charge in [-0.3, -0.25) is 4.79 Å². The van der Waals surface area contributed by atoms with Gasteiger partial charge in [-0.05, 0) is 55.9 Å². The number of rotatable bonds is 2. The summed E-state index contributed by atoms with van der Waals surface area (Å²) in [5.41, 5.74) is 4.22. The van der Waals surface area contributed by atoms with Crippen molar-refractivity contribution in [3.8, 4) is 11.5 Å². The highest BCUT2D eigenvalue weighted by Crippen LogP contribution is 2.54. The van der Waals surface area contributed by atoms with Crippen LogP contribution in [0.5, 0.6) is 11.5 Å². The summed E-state index contributed by atoms with van der Waals surface area (Å²) >= 11 is 0. The molecule has 0 aliphatic carbocycles. The quantitative estimate of drug-likeness (QED) is 0.295. The lowest BCUT2D eigenvalue weighted by Crippen LogP contribution is -2.59. The van der Waals surface area contributed by atoms with Crippen LogP contribution in [-0.2, 0) is 21.7 Å². The number of nitrogens with one attached hydrogen (secondary N) is 2. The Kier molecular flexibility index (Phi) is 3.88. The van der Waals surface area contributed by atoms with Crippen LogP contribution in [0.2, 0.25) is 0 Å². The number of methoxy groups -OCH3 is 1. The van der Waals surface area contributed by atoms with Crippen LogP contribution < -0.4 is 10.6 Å². The van der Waals surface area contributed by atoms with Crippen LogP contribution in [0.25, 0.3) is 43.6 Å². The minimum Gasteiger partial charge on any atom is -0.508 e. The van der Waals surface area contributed by atoms with Crippen LogP contribution in [0.4, 0.5) is 0 Å². The summed E-state index contributed by atoms with van der Waals surface area (Å²) in [6.45, 7) is 2.45. The number of nitrogens with zero attached hydrogens (tertiary/aromatic N) is 2. The van der Waals surface area contributed by atoms with E-state index < -0.39 is 5.72 Å². The molecule has 1 saturated heterocycles. The van der Waals surface area contributed by atoms with Crippen molar-refractivity contribution >= 4 is 49.5 Å². The lowest BCUT2D eigenvalue weighted by molar-refractivity contribution is -0.256. The number of phenolic OH excluding ortho intramolecular Hbond substituents is 2. The highest BCUT2D eigenvalue weighted by Gasteiger charge is 2.53. The van der Waals surface area contributed by atoms with Crippen LogP contribution in [0.1, 0.15) is 35.5 Å². The van der Waals surface area contributed by atoms with Gasteiger partial charge in [0.05, 0.1) is 27.6 Å². The number of phenols is 2. The number of hydrogen-bond donors (Lipinski definition) is 4. The molecule has 1 unspecified atom stereocenters. The smallest absolute Gasteiger partial charge is 0.252 e. The molecule has 0 saturated carbocycles. The van der Waals surface area contributed by atoms with Gasteiger partial charge >= 0.3 is 0 Å². The number of aromatic hydroxyl groups is 2. The van der Waals surface area contributed by atoms with E-state index in [1.54, 1.807) is 31.4 Å². The molecule has 4 N–H and O–H groups in total. The number of aromatic nitrogens is 2. The normalized spacial score (nSPS) is 26.5. The van der Waals surface area contributed by atoms with Crippen molar-refractivity contribution in [1.29, 1.82) is 0 Å². The summed E-state index contributed by atoms with van der Waals surface area (Å²) in [6, 6.07) is 10.7. The van der Waals surface area contributed by atoms with Crippen LogP contribution in [0.15, 0.2) is 36.4 Å². The van der Waals surface area contributed by atoms with Gasteiger partial charge in [-0.1, -0.05) is 0 Å². The minimum absolute atomic E-state index is 0.0209. The van der Waals surface area contributed by atoms with E-state index in [9.17, 15) is 15.0 Å². The summed E-state index contributed by atoms with van der Waals surface area (Å²) < 4.78 is 17.5. The second-order valence-electron chi connectivity index (χ2n) is 10.5. The van der Waals surface area contributed by atoms with Gasteiger partial charge in [0.25, 0.3) is 5.91 Å². The first kappa shape index (κ1) is 21.3. The molecule has 5 aromatic rings. The van der Waals surface area contributed by atoms with Crippen molar-refractivity contribution in [2.75, 3.05) is 14.2 Å². The van der Waals surface area contributed by atoms with E-state index in [4.69, 9.17) is 9.47 Å². The molecule has 3 aliphatic rings. The van der Waals surface area contributed by atoms with Crippen molar-refractivity contribution < 1.29 is 24.5 Å². The Hall–Kier alpha value is -3.79. The van der Waals surface area contributed by atoms with E-state index in [1.807, 2.05) is 19.2 Å². The van der Waals surface area contributed by atoms with E-state index in [0.717, 1.165) is 49.2 Å². The number of fused-ring (bicyclic) bond motifs is 13. The molecule has 0 radical (unpaired) electrons. The number of hydrogen-bond acceptors (Lipinski definition) is 6. The number of carbonyl (C=O) groups is 1. The summed E-state index contributed by atoms with van der Waals surface area (Å²) in [5.74, 6) is 0.162. The highest BCUT2D eigenvalue weighted by atomic mass is 16.6. The first-order valence-electron chi connectivity index (χ1n) is 12.5. The lowest BCUT2D eigenvalue weighted by Gasteiger charge is -2.48. The molecule has 188 valence electrons. The second-order valence-corrected chi connectivity index (χ2v) is 10.5. The molecule has 3 aromatic carbocycles. The predicted octanol–water partition coefficient (Wildman–Crippen LogP) is 3.77. The van der Waals surface area contributed by atoms with E-state index >= 15 is 0 Å². The average Bonchev–Trinajstić information content (AvgIpc) is 3.50. The fraction of sp³-hybridized carbons (Fsp3) is 0.321. The third kappa shape index (κ3) is 2.33. The summed E-state index contributed by atoms with van der Waals surface area (Å²) in [4.78, 5) is 13.4. The Bertz CT molecular complexity index is 1850. The molecule has 4 atom stereocenters. The molecule has 1 amide bonds. The van der Waals surface area contributed by atoms with Gasteiger partial charge in [0.2, 0.25) is 0 Å². The van der Waals surface area contributed by atoms with E-state index in [0.29, 0.717) is 18.5 Å². The standard InChI is InChI=1S/C28H26N4O5/c1-28-26(36-3)17(29-2)10-20(37-28)31-18-6-4-12(33)8-14(18)22-23-16(11-30-27(23)35)21-15-9-13(34)5-7-19(15)32(28)25(21)24(22)31/h4-9,17,20,26,29,33-34H,10-11H2,1-3H3,(H,30,35)/t17-,20?,26-,28+/m1/s1. The molecule has 2 aromatic heterocycles. The van der Waals surface area contributed by atoms with Gasteiger partial charge < -0.3 is 39.5 Å². The fourth-order valence-corrected chi connectivity index (χ4v) is 7.41. The Labute approximate surface area is 211 Å². The number of likely N-dealkylation sites (N-methyl/N-ethyl adjacent to an activating group) is 1. The SMILES string of the molecule is CN[C@@H]1CC2O[C@@](C)([C@@H]1OC)n1c3ccc(O)cc3c3c4c(c5c6cc(O)ccc6n2c5c31)C(=O)NC4. The van der Waals surface area contributed by atoms with Gasteiger partial charge in [-0.25, -0.2) is 0 Å². The number of carbonyl (C=O) groups excluding carboxylic acids is 1. The van der Waals surface area contributed by atoms with E-state index in [2.05, 4.69) is 26.7 Å². The molecule has 0 spiro atoms. The zero-order chi connectivity index (χ0) is 25.4. The van der Waals surface area contributed by atoms with Crippen molar-refractivity contribution in [2.45, 2.75) is 44.0 Å². The third-order valence-corrected chi connectivity index (χ3v) is 8.75. The summed E-state index contributed by atoms with van der Waals surface area (Å²) in [6.07, 6.45) is -0.0147. The van der Waals surface area contributed by atoms with Crippen molar-refractivity contribution in [2.24, 2.45) is 0 Å². The molecular weight excluding hydrogens is 472 g/mol. The molecule has 37 heavy (non-hydrogen) atoms. The molecule has 9 nitrogen and oxygen atoms in total. The first-order chi connectivity index (χ1) is 17.9. The van der Waals surface area contributed by atoms with Gasteiger partial charge in [0.1, 0.15) is 23.8 Å². The molecule has 2 bridgehead atoms. The Morgan fingerprint density at radius 1 is 1.08 bits per heavy atom. The molecule has 8 rings (SSSR count). The predicted molar refractivity (Wildman–Crippen MR) is 139 cm³/mol. The highest BCUT2D eigenvalue weighted by molar-refractivity contribution is 6.31. The van der Waals surface area contributed by atoms with E-state index in [-0.39, 0.29) is 35.8 Å². The number of amides is 1. The zero-order valence-electron chi connectivity index (χ0n) is 20.6.